The van der Waals surface area contributed by atoms with Crippen LogP contribution in [0.15, 0.2) is 58.7 Å². The number of thioether (sulfide) groups is 1. The first-order valence-corrected chi connectivity index (χ1v) is 9.53. The van der Waals surface area contributed by atoms with Crippen LogP contribution >= 0.6 is 35.0 Å². The molecule has 3 rings (SSSR count). The quantitative estimate of drug-likeness (QED) is 0.567. The first-order chi connectivity index (χ1) is 13.0. The summed E-state index contributed by atoms with van der Waals surface area (Å²) in [4.78, 5) is 24.2. The average molecular weight is 421 g/mol. The van der Waals surface area contributed by atoms with Crippen molar-refractivity contribution in [1.29, 1.82) is 0 Å². The van der Waals surface area contributed by atoms with Crippen molar-refractivity contribution in [2.24, 2.45) is 10.2 Å². The third-order valence-electron chi connectivity index (χ3n) is 3.45. The number of amides is 2. The Balaban J connectivity index is 1.56. The topological polar surface area (TPSA) is 82.9 Å². The first kappa shape index (κ1) is 19.4. The van der Waals surface area contributed by atoms with Crippen molar-refractivity contribution >= 4 is 63.8 Å². The molecule has 2 N–H and O–H groups in total. The van der Waals surface area contributed by atoms with Crippen molar-refractivity contribution in [3.8, 4) is 0 Å². The molecular formula is C18H14Cl2N4O2S. The molecule has 1 aliphatic rings. The standard InChI is InChI=1S/C18H14Cl2N4O2S/c19-12-6-13(20)8-14(7-12)22-16(25)9-15-17(26)23-18(27-15)24-21-10-11-4-2-1-3-5-11/h1-8,10,15H,9H2,(H,22,25)(H,23,24,26). The van der Waals surface area contributed by atoms with Gasteiger partial charge in [-0.3, -0.25) is 9.59 Å². The highest BCUT2D eigenvalue weighted by atomic mass is 35.5. The fourth-order valence-electron chi connectivity index (χ4n) is 2.28. The second-order valence-electron chi connectivity index (χ2n) is 5.57. The van der Waals surface area contributed by atoms with Gasteiger partial charge in [-0.1, -0.05) is 65.3 Å². The maximum absolute atomic E-state index is 12.2. The summed E-state index contributed by atoms with van der Waals surface area (Å²) in [5.41, 5.74) is 1.37. The fraction of sp³-hybridized carbons (Fsp3) is 0.111. The van der Waals surface area contributed by atoms with Crippen LogP contribution in [0.1, 0.15) is 12.0 Å². The van der Waals surface area contributed by atoms with E-state index >= 15 is 0 Å². The van der Waals surface area contributed by atoms with Gasteiger partial charge in [0.25, 0.3) is 0 Å². The summed E-state index contributed by atoms with van der Waals surface area (Å²) in [7, 11) is 0. The maximum atomic E-state index is 12.2. The molecule has 0 aliphatic carbocycles. The van der Waals surface area contributed by atoms with E-state index in [-0.39, 0.29) is 18.2 Å². The number of benzene rings is 2. The van der Waals surface area contributed by atoms with Gasteiger partial charge in [0, 0.05) is 22.2 Å². The number of rotatable bonds is 5. The van der Waals surface area contributed by atoms with Crippen LogP contribution in [-0.4, -0.2) is 28.4 Å². The monoisotopic (exact) mass is 420 g/mol. The van der Waals surface area contributed by atoms with E-state index in [4.69, 9.17) is 23.2 Å². The number of anilines is 1. The lowest BCUT2D eigenvalue weighted by Crippen LogP contribution is -2.28. The minimum atomic E-state index is -0.578. The summed E-state index contributed by atoms with van der Waals surface area (Å²) in [6.07, 6.45) is 1.57. The lowest BCUT2D eigenvalue weighted by Gasteiger charge is -2.08. The highest BCUT2D eigenvalue weighted by molar-refractivity contribution is 8.15. The van der Waals surface area contributed by atoms with Gasteiger partial charge in [-0.15, -0.1) is 5.10 Å². The summed E-state index contributed by atoms with van der Waals surface area (Å²) in [5.74, 6) is -0.608. The number of nitrogens with one attached hydrogen (secondary N) is 2. The lowest BCUT2D eigenvalue weighted by atomic mass is 10.2. The van der Waals surface area contributed by atoms with Crippen LogP contribution in [0, 0.1) is 0 Å². The predicted octanol–water partition coefficient (Wildman–Crippen LogP) is 3.94. The maximum Gasteiger partial charge on any atom is 0.240 e. The van der Waals surface area contributed by atoms with Crippen LogP contribution in [0.25, 0.3) is 0 Å². The third-order valence-corrected chi connectivity index (χ3v) is 4.96. The summed E-state index contributed by atoms with van der Waals surface area (Å²) in [6, 6.07) is 14.2. The van der Waals surface area contributed by atoms with Gasteiger partial charge in [-0.2, -0.15) is 5.10 Å². The zero-order valence-electron chi connectivity index (χ0n) is 13.9. The molecule has 1 fully saturated rings. The Bertz CT molecular complexity index is 899. The Morgan fingerprint density at radius 1 is 1.19 bits per heavy atom. The third kappa shape index (κ3) is 5.82. The van der Waals surface area contributed by atoms with Gasteiger partial charge < -0.3 is 10.6 Å². The number of nitrogens with zero attached hydrogens (tertiary/aromatic N) is 2. The van der Waals surface area contributed by atoms with Crippen molar-refractivity contribution in [2.45, 2.75) is 11.7 Å². The van der Waals surface area contributed by atoms with E-state index in [1.54, 1.807) is 24.4 Å². The molecule has 9 heteroatoms. The van der Waals surface area contributed by atoms with Gasteiger partial charge in [0.1, 0.15) is 5.25 Å². The molecule has 1 atom stereocenters. The second-order valence-corrected chi connectivity index (χ2v) is 7.63. The van der Waals surface area contributed by atoms with E-state index in [0.717, 1.165) is 17.3 Å². The number of hydrogen-bond donors (Lipinski definition) is 2. The summed E-state index contributed by atoms with van der Waals surface area (Å²) >= 11 is 13.0. The number of carbonyl (C=O) groups is 2. The molecule has 1 aliphatic heterocycles. The largest absolute Gasteiger partial charge is 0.326 e. The van der Waals surface area contributed by atoms with Gasteiger partial charge in [-0.05, 0) is 23.8 Å². The fourth-order valence-corrected chi connectivity index (χ4v) is 3.73. The molecule has 1 heterocycles. The highest BCUT2D eigenvalue weighted by Crippen LogP contribution is 2.25. The van der Waals surface area contributed by atoms with Crippen molar-refractivity contribution in [1.82, 2.24) is 5.32 Å². The van der Waals surface area contributed by atoms with E-state index in [1.165, 1.54) is 0 Å². The summed E-state index contributed by atoms with van der Waals surface area (Å²) in [6.45, 7) is 0. The summed E-state index contributed by atoms with van der Waals surface area (Å²) < 4.78 is 0. The molecular weight excluding hydrogens is 407 g/mol. The molecule has 2 amide bonds. The minimum absolute atomic E-state index is 0.0119. The Labute approximate surface area is 170 Å². The van der Waals surface area contributed by atoms with Gasteiger partial charge in [0.05, 0.1) is 6.21 Å². The highest BCUT2D eigenvalue weighted by Gasteiger charge is 2.32. The molecule has 2 aromatic carbocycles. The van der Waals surface area contributed by atoms with Gasteiger partial charge in [-0.25, -0.2) is 0 Å². The van der Waals surface area contributed by atoms with Crippen LogP contribution in [0.5, 0.6) is 0 Å². The number of halogens is 2. The Kier molecular flexibility index (Phi) is 6.49. The normalized spacial score (nSPS) is 18.1. The van der Waals surface area contributed by atoms with Crippen molar-refractivity contribution < 1.29 is 9.59 Å². The Morgan fingerprint density at radius 3 is 2.59 bits per heavy atom. The SMILES string of the molecule is O=C(CC1S/C(=N\N=Cc2ccccc2)NC1=O)Nc1cc(Cl)cc(Cl)c1. The molecule has 0 bridgehead atoms. The smallest absolute Gasteiger partial charge is 0.240 e. The minimum Gasteiger partial charge on any atom is -0.326 e. The number of hydrogen-bond acceptors (Lipinski definition) is 5. The summed E-state index contributed by atoms with van der Waals surface area (Å²) in [5, 5.41) is 13.8. The van der Waals surface area contributed by atoms with E-state index in [1.807, 2.05) is 30.3 Å². The molecule has 2 aromatic rings. The van der Waals surface area contributed by atoms with Gasteiger partial charge in [0.15, 0.2) is 5.17 Å². The van der Waals surface area contributed by atoms with Gasteiger partial charge in [0.2, 0.25) is 11.8 Å². The van der Waals surface area contributed by atoms with Crippen molar-refractivity contribution in [3.63, 3.8) is 0 Å². The molecule has 1 saturated heterocycles. The Hall–Kier alpha value is -2.35. The Morgan fingerprint density at radius 2 is 1.89 bits per heavy atom. The van der Waals surface area contributed by atoms with Crippen molar-refractivity contribution in [2.75, 3.05) is 5.32 Å². The van der Waals surface area contributed by atoms with Gasteiger partial charge >= 0.3 is 0 Å². The number of amidine groups is 1. The lowest BCUT2D eigenvalue weighted by molar-refractivity contribution is -0.122. The van der Waals surface area contributed by atoms with Crippen molar-refractivity contribution in [3.05, 3.63) is 64.1 Å². The molecule has 0 aromatic heterocycles. The predicted molar refractivity (Wildman–Crippen MR) is 111 cm³/mol. The second kappa shape index (κ2) is 9.03. The molecule has 138 valence electrons. The average Bonchev–Trinajstić information content (AvgIpc) is 2.94. The zero-order chi connectivity index (χ0) is 19.2. The van der Waals surface area contributed by atoms with Crippen LogP contribution in [0.4, 0.5) is 5.69 Å². The molecule has 0 saturated carbocycles. The van der Waals surface area contributed by atoms with E-state index in [9.17, 15) is 9.59 Å². The molecule has 27 heavy (non-hydrogen) atoms. The molecule has 0 radical (unpaired) electrons. The van der Waals surface area contributed by atoms with E-state index in [0.29, 0.717) is 20.9 Å². The molecule has 6 nitrogen and oxygen atoms in total. The molecule has 0 spiro atoms. The van der Waals surface area contributed by atoms with Crippen LogP contribution in [0.3, 0.4) is 0 Å². The van der Waals surface area contributed by atoms with E-state index in [2.05, 4.69) is 20.8 Å². The number of carbonyl (C=O) groups excluding carboxylic acids is 2. The van der Waals surface area contributed by atoms with Crippen LogP contribution < -0.4 is 10.6 Å². The van der Waals surface area contributed by atoms with Crippen LogP contribution in [0.2, 0.25) is 10.0 Å². The first-order valence-electron chi connectivity index (χ1n) is 7.89. The van der Waals surface area contributed by atoms with Crippen LogP contribution in [-0.2, 0) is 9.59 Å². The molecule has 1 unspecified atom stereocenters. The zero-order valence-corrected chi connectivity index (χ0v) is 16.2. The van der Waals surface area contributed by atoms with E-state index < -0.39 is 5.25 Å².